The Labute approximate surface area is 158 Å². The summed E-state index contributed by atoms with van der Waals surface area (Å²) in [5, 5.41) is 10.2. The summed E-state index contributed by atoms with van der Waals surface area (Å²) in [6, 6.07) is 5.60. The van der Waals surface area contributed by atoms with Gasteiger partial charge in [-0.15, -0.1) is 0 Å². The molecule has 0 aliphatic carbocycles. The second kappa shape index (κ2) is 8.60. The highest BCUT2D eigenvalue weighted by Gasteiger charge is 2.31. The van der Waals surface area contributed by atoms with E-state index in [2.05, 4.69) is 0 Å². The molecule has 0 fully saturated rings. The average molecular weight is 404 g/mol. The SMILES string of the molecule is COCCOCc1c(-c2ccc(C(F)(F)F)cc2Cl)ccc(C(N)=O)c1O. The first-order valence-corrected chi connectivity index (χ1v) is 8.13. The predicted octanol–water partition coefficient (Wildman–Crippen LogP) is 3.99. The van der Waals surface area contributed by atoms with Gasteiger partial charge in [0.25, 0.3) is 5.91 Å². The summed E-state index contributed by atoms with van der Waals surface area (Å²) in [5.74, 6) is -1.26. The van der Waals surface area contributed by atoms with E-state index in [1.807, 2.05) is 0 Å². The molecule has 2 aromatic carbocycles. The second-order valence-corrected chi connectivity index (χ2v) is 6.00. The molecule has 1 amide bonds. The molecular weight excluding hydrogens is 387 g/mol. The number of carbonyl (C=O) groups excluding carboxylic acids is 1. The van der Waals surface area contributed by atoms with Crippen LogP contribution in [0.1, 0.15) is 21.5 Å². The van der Waals surface area contributed by atoms with Gasteiger partial charge in [0.15, 0.2) is 0 Å². The quantitative estimate of drug-likeness (QED) is 0.685. The highest BCUT2D eigenvalue weighted by atomic mass is 35.5. The van der Waals surface area contributed by atoms with Crippen LogP contribution >= 0.6 is 11.6 Å². The first-order valence-electron chi connectivity index (χ1n) is 7.75. The second-order valence-electron chi connectivity index (χ2n) is 5.59. The van der Waals surface area contributed by atoms with Gasteiger partial charge in [-0.2, -0.15) is 13.2 Å². The Kier molecular flexibility index (Phi) is 6.69. The highest BCUT2D eigenvalue weighted by molar-refractivity contribution is 6.33. The minimum absolute atomic E-state index is 0.122. The van der Waals surface area contributed by atoms with E-state index in [4.69, 9.17) is 26.8 Å². The number of phenols is 1. The van der Waals surface area contributed by atoms with Crippen molar-refractivity contribution in [2.45, 2.75) is 12.8 Å². The Bertz CT molecular complexity index is 840. The summed E-state index contributed by atoms with van der Waals surface area (Å²) < 4.78 is 48.8. The van der Waals surface area contributed by atoms with Crippen molar-refractivity contribution in [3.8, 4) is 16.9 Å². The van der Waals surface area contributed by atoms with Gasteiger partial charge >= 0.3 is 6.18 Å². The topological polar surface area (TPSA) is 81.8 Å². The molecule has 2 aromatic rings. The van der Waals surface area contributed by atoms with Gasteiger partial charge < -0.3 is 20.3 Å². The smallest absolute Gasteiger partial charge is 0.416 e. The third-order valence-electron chi connectivity index (χ3n) is 3.81. The summed E-state index contributed by atoms with van der Waals surface area (Å²) >= 11 is 6.05. The van der Waals surface area contributed by atoms with E-state index in [1.54, 1.807) is 0 Å². The number of halogens is 4. The molecule has 0 atom stereocenters. The van der Waals surface area contributed by atoms with Crippen molar-refractivity contribution in [2.24, 2.45) is 5.73 Å². The minimum Gasteiger partial charge on any atom is -0.507 e. The molecule has 0 unspecified atom stereocenters. The van der Waals surface area contributed by atoms with Crippen molar-refractivity contribution in [1.82, 2.24) is 0 Å². The number of hydrogen-bond acceptors (Lipinski definition) is 4. The molecule has 146 valence electrons. The fraction of sp³-hybridized carbons (Fsp3) is 0.278. The van der Waals surface area contributed by atoms with Crippen LogP contribution in [0.15, 0.2) is 30.3 Å². The van der Waals surface area contributed by atoms with Gasteiger partial charge in [-0.3, -0.25) is 4.79 Å². The van der Waals surface area contributed by atoms with Crippen molar-refractivity contribution in [3.05, 3.63) is 52.0 Å². The van der Waals surface area contributed by atoms with Crippen LogP contribution in [-0.2, 0) is 22.3 Å². The maximum Gasteiger partial charge on any atom is 0.416 e. The van der Waals surface area contributed by atoms with Crippen LogP contribution in [-0.4, -0.2) is 31.3 Å². The molecule has 0 heterocycles. The number of nitrogens with two attached hydrogens (primary N) is 1. The Morgan fingerprint density at radius 1 is 1.19 bits per heavy atom. The number of primary amides is 1. The highest BCUT2D eigenvalue weighted by Crippen LogP contribution is 2.39. The zero-order valence-electron chi connectivity index (χ0n) is 14.3. The number of carbonyl (C=O) groups is 1. The number of amides is 1. The molecule has 0 aromatic heterocycles. The molecule has 0 saturated carbocycles. The first-order chi connectivity index (χ1) is 12.7. The van der Waals surface area contributed by atoms with Gasteiger partial charge in [0.2, 0.25) is 0 Å². The molecule has 27 heavy (non-hydrogen) atoms. The van der Waals surface area contributed by atoms with Crippen LogP contribution < -0.4 is 5.73 Å². The van der Waals surface area contributed by atoms with Crippen LogP contribution in [0.4, 0.5) is 13.2 Å². The van der Waals surface area contributed by atoms with Gasteiger partial charge in [-0.05, 0) is 23.8 Å². The molecule has 3 N–H and O–H groups in total. The maximum atomic E-state index is 12.8. The number of alkyl halides is 3. The molecule has 0 saturated heterocycles. The van der Waals surface area contributed by atoms with Crippen molar-refractivity contribution in [2.75, 3.05) is 20.3 Å². The Balaban J connectivity index is 2.52. The van der Waals surface area contributed by atoms with Gasteiger partial charge in [0, 0.05) is 23.3 Å². The largest absolute Gasteiger partial charge is 0.507 e. The van der Waals surface area contributed by atoms with Crippen molar-refractivity contribution >= 4 is 17.5 Å². The van der Waals surface area contributed by atoms with Crippen molar-refractivity contribution in [1.29, 1.82) is 0 Å². The van der Waals surface area contributed by atoms with Crippen molar-refractivity contribution in [3.63, 3.8) is 0 Å². The zero-order chi connectivity index (χ0) is 20.2. The lowest BCUT2D eigenvalue weighted by Gasteiger charge is -2.16. The molecule has 0 aliphatic rings. The number of benzene rings is 2. The van der Waals surface area contributed by atoms with Crippen LogP contribution in [0.5, 0.6) is 5.75 Å². The van der Waals surface area contributed by atoms with E-state index in [0.717, 1.165) is 12.1 Å². The first kappa shape index (κ1) is 21.0. The summed E-state index contributed by atoms with van der Waals surface area (Å²) in [7, 11) is 1.49. The molecule has 0 bridgehead atoms. The molecule has 0 spiro atoms. The number of ether oxygens (including phenoxy) is 2. The summed E-state index contributed by atoms with van der Waals surface area (Å²) in [6.45, 7) is 0.382. The summed E-state index contributed by atoms with van der Waals surface area (Å²) in [5.41, 5.74) is 4.97. The molecule has 9 heteroatoms. The van der Waals surface area contributed by atoms with Crippen LogP contribution in [0.25, 0.3) is 11.1 Å². The molecule has 5 nitrogen and oxygen atoms in total. The van der Waals surface area contributed by atoms with E-state index in [1.165, 1.54) is 25.3 Å². The lowest BCUT2D eigenvalue weighted by molar-refractivity contribution is -0.137. The minimum atomic E-state index is -4.54. The van der Waals surface area contributed by atoms with Crippen LogP contribution in [0.3, 0.4) is 0 Å². The van der Waals surface area contributed by atoms with Gasteiger partial charge in [-0.1, -0.05) is 23.7 Å². The van der Waals surface area contributed by atoms with E-state index in [9.17, 15) is 23.1 Å². The number of methoxy groups -OCH3 is 1. The number of hydrogen-bond donors (Lipinski definition) is 2. The van der Waals surface area contributed by atoms with E-state index < -0.39 is 23.4 Å². The Hall–Kier alpha value is -2.29. The summed E-state index contributed by atoms with van der Waals surface area (Å²) in [4.78, 5) is 11.5. The number of rotatable bonds is 7. The third kappa shape index (κ3) is 4.91. The third-order valence-corrected chi connectivity index (χ3v) is 4.13. The maximum absolute atomic E-state index is 12.8. The molecule has 2 rings (SSSR count). The van der Waals surface area contributed by atoms with E-state index in [-0.39, 0.29) is 34.9 Å². The van der Waals surface area contributed by atoms with Gasteiger partial charge in [-0.25, -0.2) is 0 Å². The molecule has 0 radical (unpaired) electrons. The normalized spacial score (nSPS) is 11.6. The zero-order valence-corrected chi connectivity index (χ0v) is 15.0. The van der Waals surface area contributed by atoms with Crippen molar-refractivity contribution < 1.29 is 32.5 Å². The lowest BCUT2D eigenvalue weighted by Crippen LogP contribution is -2.13. The molecule has 0 aliphatic heterocycles. The fourth-order valence-corrected chi connectivity index (χ4v) is 2.74. The monoisotopic (exact) mass is 403 g/mol. The molecular formula is C18H17ClF3NO4. The predicted molar refractivity (Wildman–Crippen MR) is 93.6 cm³/mol. The fourth-order valence-electron chi connectivity index (χ4n) is 2.46. The van der Waals surface area contributed by atoms with E-state index >= 15 is 0 Å². The Morgan fingerprint density at radius 2 is 1.85 bits per heavy atom. The number of aromatic hydroxyl groups is 1. The average Bonchev–Trinajstić information content (AvgIpc) is 2.58. The lowest BCUT2D eigenvalue weighted by atomic mass is 9.95. The van der Waals surface area contributed by atoms with Gasteiger partial charge in [0.05, 0.1) is 30.9 Å². The van der Waals surface area contributed by atoms with Crippen LogP contribution in [0.2, 0.25) is 5.02 Å². The van der Waals surface area contributed by atoms with E-state index in [0.29, 0.717) is 12.2 Å². The van der Waals surface area contributed by atoms with Gasteiger partial charge in [0.1, 0.15) is 5.75 Å². The standard InChI is InChI=1S/C18H17ClF3NO4/c1-26-6-7-27-9-14-11(4-5-13(16(14)24)17(23)25)12-3-2-10(8-15(12)19)18(20,21)22/h2-5,8,24H,6-7,9H2,1H3,(H2,23,25). The van der Waals surface area contributed by atoms with Crippen LogP contribution in [0, 0.1) is 0 Å². The summed E-state index contributed by atoms with van der Waals surface area (Å²) in [6.07, 6.45) is -4.54. The Morgan fingerprint density at radius 3 is 2.41 bits per heavy atom.